The number of nitrogens with zero attached hydrogens (tertiary/aromatic N) is 2. The van der Waals surface area contributed by atoms with Gasteiger partial charge in [-0.2, -0.15) is 0 Å². The molecule has 33 heavy (non-hydrogen) atoms. The van der Waals surface area contributed by atoms with Crippen LogP contribution in [0.3, 0.4) is 0 Å². The monoisotopic (exact) mass is 464 g/mol. The van der Waals surface area contributed by atoms with E-state index < -0.39 is 16.0 Å². The molecule has 0 fully saturated rings. The average molecular weight is 464 g/mol. The fraction of sp³-hybridized carbons (Fsp3) is 0.167. The molecular weight excluding hydrogens is 444 g/mol. The topological polar surface area (TPSA) is 94.9 Å². The Morgan fingerprint density at radius 3 is 2.39 bits per heavy atom. The molecule has 0 saturated carbocycles. The summed E-state index contributed by atoms with van der Waals surface area (Å²) in [5.74, 6) is -0.396. The molecule has 0 unspecified atom stereocenters. The normalized spacial score (nSPS) is 13.5. The van der Waals surface area contributed by atoms with Gasteiger partial charge in [-0.15, -0.1) is 0 Å². The fourth-order valence-corrected chi connectivity index (χ4v) is 5.98. The van der Waals surface area contributed by atoms with Crippen LogP contribution in [0.1, 0.15) is 26.3 Å². The summed E-state index contributed by atoms with van der Waals surface area (Å²) in [7, 11) is 0.241. The summed E-state index contributed by atoms with van der Waals surface area (Å²) in [4.78, 5) is 27.4. The predicted octanol–water partition coefficient (Wildman–Crippen LogP) is 3.41. The lowest BCUT2D eigenvalue weighted by molar-refractivity contribution is 0.0602. The number of methoxy groups -OCH3 is 2. The Bertz CT molecular complexity index is 1570. The Kier molecular flexibility index (Phi) is 4.68. The highest BCUT2D eigenvalue weighted by Crippen LogP contribution is 2.41. The third kappa shape index (κ3) is 2.92. The van der Waals surface area contributed by atoms with Gasteiger partial charge in [-0.05, 0) is 42.0 Å². The zero-order valence-corrected chi connectivity index (χ0v) is 19.0. The summed E-state index contributed by atoms with van der Waals surface area (Å²) in [5.41, 5.74) is 1.63. The summed E-state index contributed by atoms with van der Waals surface area (Å²) in [6, 6.07) is 14.5. The van der Waals surface area contributed by atoms with Crippen LogP contribution < -0.4 is 4.74 Å². The van der Waals surface area contributed by atoms with Gasteiger partial charge in [0.15, 0.2) is 0 Å². The molecule has 8 nitrogen and oxygen atoms in total. The Morgan fingerprint density at radius 1 is 1.03 bits per heavy atom. The first-order chi connectivity index (χ1) is 15.8. The minimum absolute atomic E-state index is 0.0192. The molecule has 1 aliphatic heterocycles. The fourth-order valence-electron chi connectivity index (χ4n) is 4.44. The molecule has 1 aromatic heterocycles. The van der Waals surface area contributed by atoms with E-state index in [0.29, 0.717) is 39.7 Å². The van der Waals surface area contributed by atoms with Gasteiger partial charge in [0.2, 0.25) is 0 Å². The SMILES string of the molecule is COC(=O)c1cc2c(c3c4ccccc4n(S(=O)(=O)c4ccc(OC)cc4)c13)C(=O)N(C)C2. The number of rotatable bonds is 4. The number of aromatic nitrogens is 1. The van der Waals surface area contributed by atoms with E-state index in [1.54, 1.807) is 49.5 Å². The zero-order valence-electron chi connectivity index (χ0n) is 18.2. The third-order valence-corrected chi connectivity index (χ3v) is 7.68. The molecule has 3 aromatic carbocycles. The van der Waals surface area contributed by atoms with Crippen LogP contribution in [0, 0.1) is 0 Å². The average Bonchev–Trinajstić information content (AvgIpc) is 3.32. The molecule has 0 bridgehead atoms. The van der Waals surface area contributed by atoms with Crippen LogP contribution in [0.15, 0.2) is 59.5 Å². The molecule has 0 radical (unpaired) electrons. The van der Waals surface area contributed by atoms with Crippen LogP contribution >= 0.6 is 0 Å². The van der Waals surface area contributed by atoms with Gasteiger partial charge < -0.3 is 14.4 Å². The minimum atomic E-state index is -4.16. The van der Waals surface area contributed by atoms with E-state index in [4.69, 9.17) is 9.47 Å². The summed E-state index contributed by atoms with van der Waals surface area (Å²) < 4.78 is 39.1. The molecule has 168 valence electrons. The molecule has 2 heterocycles. The van der Waals surface area contributed by atoms with Gasteiger partial charge in [-0.3, -0.25) is 4.79 Å². The summed E-state index contributed by atoms with van der Waals surface area (Å²) in [6.45, 7) is 0.318. The van der Waals surface area contributed by atoms with Crippen molar-refractivity contribution in [3.63, 3.8) is 0 Å². The number of hydrogen-bond donors (Lipinski definition) is 0. The number of benzene rings is 3. The molecule has 0 spiro atoms. The molecule has 0 atom stereocenters. The molecular formula is C24H20N2O6S. The first-order valence-electron chi connectivity index (χ1n) is 10.1. The van der Waals surface area contributed by atoms with Gasteiger partial charge in [0.1, 0.15) is 5.75 Å². The Labute approximate surface area is 190 Å². The van der Waals surface area contributed by atoms with E-state index in [-0.39, 0.29) is 21.9 Å². The second kappa shape index (κ2) is 7.35. The lowest BCUT2D eigenvalue weighted by Gasteiger charge is -2.13. The van der Waals surface area contributed by atoms with Crippen molar-refractivity contribution < 1.29 is 27.5 Å². The molecule has 0 saturated heterocycles. The number of carbonyl (C=O) groups is 2. The quantitative estimate of drug-likeness (QED) is 0.430. The van der Waals surface area contributed by atoms with Crippen molar-refractivity contribution in [2.24, 2.45) is 0 Å². The molecule has 1 aliphatic rings. The van der Waals surface area contributed by atoms with Crippen molar-refractivity contribution in [3.05, 3.63) is 71.3 Å². The number of amides is 1. The maximum atomic E-state index is 13.9. The van der Waals surface area contributed by atoms with Gasteiger partial charge >= 0.3 is 5.97 Å². The highest BCUT2D eigenvalue weighted by atomic mass is 32.2. The highest BCUT2D eigenvalue weighted by molar-refractivity contribution is 7.90. The van der Waals surface area contributed by atoms with Gasteiger partial charge in [-0.1, -0.05) is 18.2 Å². The Hall–Kier alpha value is -3.85. The minimum Gasteiger partial charge on any atom is -0.497 e. The first kappa shape index (κ1) is 21.0. The summed E-state index contributed by atoms with van der Waals surface area (Å²) >= 11 is 0. The van der Waals surface area contributed by atoms with Crippen molar-refractivity contribution in [1.29, 1.82) is 0 Å². The lowest BCUT2D eigenvalue weighted by atomic mass is 9.98. The number of fused-ring (bicyclic) bond motifs is 5. The number of esters is 1. The van der Waals surface area contributed by atoms with E-state index >= 15 is 0 Å². The number of ether oxygens (including phenoxy) is 2. The van der Waals surface area contributed by atoms with Crippen LogP contribution in [0.4, 0.5) is 0 Å². The van der Waals surface area contributed by atoms with E-state index in [1.807, 2.05) is 0 Å². The van der Waals surface area contributed by atoms with E-state index in [9.17, 15) is 18.0 Å². The molecule has 0 N–H and O–H groups in total. The van der Waals surface area contributed by atoms with Crippen molar-refractivity contribution in [2.45, 2.75) is 11.4 Å². The van der Waals surface area contributed by atoms with Crippen LogP contribution in [0.5, 0.6) is 5.75 Å². The summed E-state index contributed by atoms with van der Waals surface area (Å²) in [6.07, 6.45) is 0. The van der Waals surface area contributed by atoms with E-state index in [0.717, 1.165) is 3.97 Å². The van der Waals surface area contributed by atoms with E-state index in [2.05, 4.69) is 0 Å². The van der Waals surface area contributed by atoms with Gasteiger partial charge in [0.25, 0.3) is 15.9 Å². The molecule has 0 aliphatic carbocycles. The molecule has 9 heteroatoms. The maximum Gasteiger partial charge on any atom is 0.340 e. The van der Waals surface area contributed by atoms with Crippen molar-refractivity contribution in [2.75, 3.05) is 21.3 Å². The maximum absolute atomic E-state index is 13.9. The first-order valence-corrected chi connectivity index (χ1v) is 11.6. The van der Waals surface area contributed by atoms with Gasteiger partial charge in [0.05, 0.1) is 41.3 Å². The number of para-hydroxylation sites is 1. The van der Waals surface area contributed by atoms with Gasteiger partial charge in [-0.25, -0.2) is 17.2 Å². The molecule has 5 rings (SSSR count). The van der Waals surface area contributed by atoms with Crippen LogP contribution in [-0.4, -0.2) is 50.4 Å². The standard InChI is InChI=1S/C24H20N2O6S/c1-25-13-14-12-18(24(28)32-3)22-21(20(14)23(25)27)17-6-4-5-7-19(17)26(22)33(29,30)16-10-8-15(31-2)9-11-16/h4-12H,13H2,1-3H3. The van der Waals surface area contributed by atoms with Crippen LogP contribution in [-0.2, 0) is 21.3 Å². The zero-order chi connectivity index (χ0) is 23.5. The smallest absolute Gasteiger partial charge is 0.340 e. The van der Waals surface area contributed by atoms with Crippen LogP contribution in [0.25, 0.3) is 21.8 Å². The van der Waals surface area contributed by atoms with Gasteiger partial charge in [0, 0.05) is 24.4 Å². The van der Waals surface area contributed by atoms with Crippen molar-refractivity contribution in [1.82, 2.24) is 8.87 Å². The lowest BCUT2D eigenvalue weighted by Crippen LogP contribution is -2.17. The van der Waals surface area contributed by atoms with Crippen molar-refractivity contribution in [3.8, 4) is 5.75 Å². The highest BCUT2D eigenvalue weighted by Gasteiger charge is 2.35. The predicted molar refractivity (Wildman–Crippen MR) is 122 cm³/mol. The number of hydrogen-bond acceptors (Lipinski definition) is 6. The van der Waals surface area contributed by atoms with E-state index in [1.165, 1.54) is 31.3 Å². The second-order valence-corrected chi connectivity index (χ2v) is 9.58. The molecule has 4 aromatic rings. The van der Waals surface area contributed by atoms with Crippen LogP contribution in [0.2, 0.25) is 0 Å². The Balaban J connectivity index is 1.97. The van der Waals surface area contributed by atoms with Crippen molar-refractivity contribution >= 4 is 43.7 Å². The second-order valence-electron chi connectivity index (χ2n) is 7.80. The Morgan fingerprint density at radius 2 is 1.73 bits per heavy atom. The largest absolute Gasteiger partial charge is 0.497 e. The summed E-state index contributed by atoms with van der Waals surface area (Å²) in [5, 5.41) is 0.991. The third-order valence-electron chi connectivity index (χ3n) is 5.95. The number of carbonyl (C=O) groups excluding carboxylic acids is 2. The molecule has 1 amide bonds.